The molecular weight excluding hydrogens is 454 g/mol. The van der Waals surface area contributed by atoms with Crippen molar-refractivity contribution in [2.75, 3.05) is 20.4 Å². The SMILES string of the molecule is COCNC(=O)C(C)(C)c1ccc2[nH]c(-c3cc(C)cc(C)c3)c(CCNC(=O)OC(C)(C)C)c2c1. The first-order chi connectivity index (χ1) is 16.8. The normalized spacial score (nSPS) is 12.0. The molecule has 0 fully saturated rings. The van der Waals surface area contributed by atoms with E-state index < -0.39 is 17.1 Å². The predicted octanol–water partition coefficient (Wildman–Crippen LogP) is 5.52. The van der Waals surface area contributed by atoms with Crippen LogP contribution < -0.4 is 10.6 Å². The number of ether oxygens (including phenoxy) is 2. The molecule has 36 heavy (non-hydrogen) atoms. The quantitative estimate of drug-likeness (QED) is 0.361. The highest BCUT2D eigenvalue weighted by molar-refractivity contribution is 5.94. The number of methoxy groups -OCH3 is 1. The van der Waals surface area contributed by atoms with Crippen LogP contribution in [0.3, 0.4) is 0 Å². The van der Waals surface area contributed by atoms with Crippen molar-refractivity contribution < 1.29 is 19.1 Å². The fourth-order valence-corrected chi connectivity index (χ4v) is 4.36. The van der Waals surface area contributed by atoms with E-state index in [9.17, 15) is 9.59 Å². The van der Waals surface area contributed by atoms with Gasteiger partial charge in [0.1, 0.15) is 12.3 Å². The molecule has 0 aliphatic rings. The number of alkyl carbamates (subject to hydrolysis) is 1. The number of hydrogen-bond acceptors (Lipinski definition) is 4. The van der Waals surface area contributed by atoms with Crippen molar-refractivity contribution in [3.8, 4) is 11.3 Å². The Morgan fingerprint density at radius 2 is 1.61 bits per heavy atom. The zero-order valence-electron chi connectivity index (χ0n) is 22.7. The zero-order chi connectivity index (χ0) is 26.7. The molecule has 7 heteroatoms. The van der Waals surface area contributed by atoms with Gasteiger partial charge in [0.25, 0.3) is 0 Å². The Balaban J connectivity index is 2.03. The van der Waals surface area contributed by atoms with Crippen molar-refractivity contribution in [3.63, 3.8) is 0 Å². The van der Waals surface area contributed by atoms with Gasteiger partial charge in [0, 0.05) is 30.3 Å². The molecule has 3 N–H and O–H groups in total. The Morgan fingerprint density at radius 1 is 0.944 bits per heavy atom. The van der Waals surface area contributed by atoms with Gasteiger partial charge in [0.15, 0.2) is 0 Å². The molecule has 0 saturated carbocycles. The molecule has 2 amide bonds. The molecule has 7 nitrogen and oxygen atoms in total. The summed E-state index contributed by atoms with van der Waals surface area (Å²) in [6, 6.07) is 12.5. The van der Waals surface area contributed by atoms with Crippen molar-refractivity contribution in [2.45, 2.75) is 65.9 Å². The van der Waals surface area contributed by atoms with Gasteiger partial charge in [-0.25, -0.2) is 4.79 Å². The second-order valence-electron chi connectivity index (χ2n) is 10.9. The molecule has 3 rings (SSSR count). The standard InChI is InChI=1S/C29H39N3O4/c1-18-13-19(2)15-20(14-18)25-22(11-12-30-27(34)36-28(3,4)5)23-16-21(9-10-24(23)32-25)29(6,7)26(33)31-17-35-8/h9-10,13-16,32H,11-12,17H2,1-8H3,(H,30,34)(H,31,33). The van der Waals surface area contributed by atoms with Crippen molar-refractivity contribution in [3.05, 3.63) is 58.7 Å². The summed E-state index contributed by atoms with van der Waals surface area (Å²) in [6.07, 6.45) is 0.161. The number of amides is 2. The van der Waals surface area contributed by atoms with Gasteiger partial charge in [-0.05, 0) is 95.8 Å². The summed E-state index contributed by atoms with van der Waals surface area (Å²) in [6.45, 7) is 14.1. The van der Waals surface area contributed by atoms with Crippen molar-refractivity contribution in [1.82, 2.24) is 15.6 Å². The molecule has 1 heterocycles. The maximum absolute atomic E-state index is 12.8. The summed E-state index contributed by atoms with van der Waals surface area (Å²) in [5, 5.41) is 6.72. The van der Waals surface area contributed by atoms with E-state index in [-0.39, 0.29) is 12.6 Å². The molecule has 2 aromatic carbocycles. The van der Waals surface area contributed by atoms with Gasteiger partial charge in [-0.2, -0.15) is 0 Å². The number of rotatable bonds is 8. The first-order valence-corrected chi connectivity index (χ1v) is 12.3. The van der Waals surface area contributed by atoms with Gasteiger partial charge < -0.3 is 25.1 Å². The third-order valence-electron chi connectivity index (χ3n) is 6.13. The molecule has 0 radical (unpaired) electrons. The number of hydrogen-bond donors (Lipinski definition) is 3. The van der Waals surface area contributed by atoms with Crippen LogP contribution in [0.25, 0.3) is 22.2 Å². The largest absolute Gasteiger partial charge is 0.444 e. The monoisotopic (exact) mass is 493 g/mol. The Labute approximate surface area is 214 Å². The van der Waals surface area contributed by atoms with Gasteiger partial charge in [0.2, 0.25) is 5.91 Å². The summed E-state index contributed by atoms with van der Waals surface area (Å²) in [5.41, 5.74) is 6.12. The number of fused-ring (bicyclic) bond motifs is 1. The van der Waals surface area contributed by atoms with E-state index in [4.69, 9.17) is 9.47 Å². The number of nitrogens with one attached hydrogen (secondary N) is 3. The van der Waals surface area contributed by atoms with Crippen LogP contribution in [0.1, 0.15) is 56.9 Å². The number of carbonyl (C=O) groups is 2. The first-order valence-electron chi connectivity index (χ1n) is 12.3. The van der Waals surface area contributed by atoms with Gasteiger partial charge >= 0.3 is 6.09 Å². The minimum absolute atomic E-state index is 0.109. The average Bonchev–Trinajstić information content (AvgIpc) is 3.13. The Kier molecular flexibility index (Phi) is 8.14. The molecule has 0 saturated heterocycles. The molecule has 0 spiro atoms. The van der Waals surface area contributed by atoms with Gasteiger partial charge in [0.05, 0.1) is 5.41 Å². The van der Waals surface area contributed by atoms with Crippen LogP contribution in [0.4, 0.5) is 4.79 Å². The molecular formula is C29H39N3O4. The summed E-state index contributed by atoms with van der Waals surface area (Å²) in [7, 11) is 1.55. The van der Waals surface area contributed by atoms with Crippen molar-refractivity contribution in [2.24, 2.45) is 0 Å². The number of aromatic amines is 1. The maximum Gasteiger partial charge on any atom is 0.407 e. The van der Waals surface area contributed by atoms with E-state index >= 15 is 0 Å². The number of H-pyrrole nitrogens is 1. The molecule has 0 aliphatic carbocycles. The Morgan fingerprint density at radius 3 is 2.22 bits per heavy atom. The predicted molar refractivity (Wildman–Crippen MR) is 144 cm³/mol. The van der Waals surface area contributed by atoms with E-state index in [1.54, 1.807) is 7.11 Å². The lowest BCUT2D eigenvalue weighted by molar-refractivity contribution is -0.127. The number of benzene rings is 2. The minimum Gasteiger partial charge on any atom is -0.444 e. The van der Waals surface area contributed by atoms with Crippen molar-refractivity contribution >= 4 is 22.9 Å². The van der Waals surface area contributed by atoms with Gasteiger partial charge in [-0.3, -0.25) is 4.79 Å². The highest BCUT2D eigenvalue weighted by Crippen LogP contribution is 2.35. The van der Waals surface area contributed by atoms with E-state index in [1.165, 1.54) is 11.1 Å². The van der Waals surface area contributed by atoms with E-state index in [0.29, 0.717) is 13.0 Å². The lowest BCUT2D eigenvalue weighted by Crippen LogP contribution is -2.40. The smallest absolute Gasteiger partial charge is 0.407 e. The second-order valence-corrected chi connectivity index (χ2v) is 10.9. The number of aromatic nitrogens is 1. The van der Waals surface area contributed by atoms with Crippen LogP contribution in [-0.4, -0.2) is 43.0 Å². The summed E-state index contributed by atoms with van der Waals surface area (Å²) in [5.74, 6) is -0.109. The van der Waals surface area contributed by atoms with E-state index in [1.807, 2.05) is 46.8 Å². The maximum atomic E-state index is 12.8. The molecule has 3 aromatic rings. The Bertz CT molecular complexity index is 1230. The summed E-state index contributed by atoms with van der Waals surface area (Å²) < 4.78 is 10.4. The molecule has 194 valence electrons. The number of aryl methyl sites for hydroxylation is 2. The molecule has 0 unspecified atom stereocenters. The van der Waals surface area contributed by atoms with Crippen LogP contribution in [0.5, 0.6) is 0 Å². The second kappa shape index (κ2) is 10.7. The van der Waals surface area contributed by atoms with Crippen LogP contribution in [0.2, 0.25) is 0 Å². The third kappa shape index (κ3) is 6.46. The van der Waals surface area contributed by atoms with Gasteiger partial charge in [-0.1, -0.05) is 23.3 Å². The molecule has 0 atom stereocenters. The minimum atomic E-state index is -0.754. The summed E-state index contributed by atoms with van der Waals surface area (Å²) >= 11 is 0. The van der Waals surface area contributed by atoms with Crippen LogP contribution in [0, 0.1) is 13.8 Å². The van der Waals surface area contributed by atoms with Gasteiger partial charge in [-0.15, -0.1) is 0 Å². The lowest BCUT2D eigenvalue weighted by Gasteiger charge is -2.24. The average molecular weight is 494 g/mol. The zero-order valence-corrected chi connectivity index (χ0v) is 22.7. The summed E-state index contributed by atoms with van der Waals surface area (Å²) in [4.78, 5) is 28.7. The third-order valence-corrected chi connectivity index (χ3v) is 6.13. The molecule has 0 bridgehead atoms. The topological polar surface area (TPSA) is 92.5 Å². The highest BCUT2D eigenvalue weighted by atomic mass is 16.6. The highest BCUT2D eigenvalue weighted by Gasteiger charge is 2.30. The molecule has 0 aliphatic heterocycles. The van der Waals surface area contributed by atoms with Crippen LogP contribution >= 0.6 is 0 Å². The van der Waals surface area contributed by atoms with E-state index in [2.05, 4.69) is 53.7 Å². The molecule has 1 aromatic heterocycles. The van der Waals surface area contributed by atoms with Crippen LogP contribution in [-0.2, 0) is 26.1 Å². The van der Waals surface area contributed by atoms with Crippen LogP contribution in [0.15, 0.2) is 36.4 Å². The lowest BCUT2D eigenvalue weighted by atomic mass is 9.83. The number of carbonyl (C=O) groups excluding carboxylic acids is 2. The Hall–Kier alpha value is -3.32. The first kappa shape index (κ1) is 27.3. The fraction of sp³-hybridized carbons (Fsp3) is 0.448. The van der Waals surface area contributed by atoms with E-state index in [0.717, 1.165) is 33.3 Å². The van der Waals surface area contributed by atoms with Crippen molar-refractivity contribution in [1.29, 1.82) is 0 Å². The fourth-order valence-electron chi connectivity index (χ4n) is 4.36.